The van der Waals surface area contributed by atoms with Gasteiger partial charge < -0.3 is 5.32 Å². The Morgan fingerprint density at radius 2 is 1.79 bits per heavy atom. The lowest BCUT2D eigenvalue weighted by molar-refractivity contribution is -0.384. The third-order valence-corrected chi connectivity index (χ3v) is 6.49. The zero-order valence-corrected chi connectivity index (χ0v) is 16.7. The van der Waals surface area contributed by atoms with Crippen LogP contribution >= 0.6 is 0 Å². The molecule has 0 saturated heterocycles. The number of nitriles is 1. The molecule has 2 aromatic carbocycles. The van der Waals surface area contributed by atoms with Crippen molar-refractivity contribution in [3.63, 3.8) is 0 Å². The van der Waals surface area contributed by atoms with E-state index in [1.165, 1.54) is 22.5 Å². The molecule has 0 radical (unpaired) electrons. The molecule has 0 heterocycles. The summed E-state index contributed by atoms with van der Waals surface area (Å²) in [6.07, 6.45) is 0. The van der Waals surface area contributed by atoms with Crippen LogP contribution in [0.5, 0.6) is 0 Å². The smallest absolute Gasteiger partial charge is 0.270 e. The number of nitrogens with one attached hydrogen (secondary N) is 1. The second-order valence-electron chi connectivity index (χ2n) is 6.12. The van der Waals surface area contributed by atoms with Gasteiger partial charge >= 0.3 is 0 Å². The van der Waals surface area contributed by atoms with Crippen molar-refractivity contribution in [2.45, 2.75) is 31.7 Å². The Bertz CT molecular complexity index is 994. The summed E-state index contributed by atoms with van der Waals surface area (Å²) in [5.41, 5.74) is 1.31. The first kappa shape index (κ1) is 21.3. The van der Waals surface area contributed by atoms with Gasteiger partial charge in [-0.15, -0.1) is 0 Å². The summed E-state index contributed by atoms with van der Waals surface area (Å²) >= 11 is 0. The molecular formula is C19H22N4O4S. The number of rotatable bonds is 8. The van der Waals surface area contributed by atoms with Crippen molar-refractivity contribution in [2.75, 3.05) is 18.4 Å². The van der Waals surface area contributed by atoms with Gasteiger partial charge in [0, 0.05) is 31.3 Å². The number of hydrogen-bond acceptors (Lipinski definition) is 6. The highest BCUT2D eigenvalue weighted by atomic mass is 32.2. The van der Waals surface area contributed by atoms with Crippen molar-refractivity contribution in [3.05, 3.63) is 63.7 Å². The van der Waals surface area contributed by atoms with Gasteiger partial charge in [-0.2, -0.15) is 9.57 Å². The van der Waals surface area contributed by atoms with Gasteiger partial charge in [0.1, 0.15) is 6.07 Å². The molecule has 0 aromatic heterocycles. The fourth-order valence-corrected chi connectivity index (χ4v) is 4.28. The maximum atomic E-state index is 12.6. The Balaban J connectivity index is 2.24. The van der Waals surface area contributed by atoms with Crippen molar-refractivity contribution in [3.8, 4) is 6.07 Å². The second kappa shape index (κ2) is 8.82. The lowest BCUT2D eigenvalue weighted by Crippen LogP contribution is -2.30. The van der Waals surface area contributed by atoms with Crippen LogP contribution in [0.2, 0.25) is 0 Å². The quantitative estimate of drug-likeness (QED) is 0.532. The average molecular weight is 402 g/mol. The standard InChI is InChI=1S/C19H22N4O4S/c1-4-22(5-2)28(26,27)18-9-6-15(7-10-18)14(3)21-19-11-8-17(23(24)25)12-16(19)13-20/h6-12,14,21H,4-5H2,1-3H3/t14-/m0/s1. The lowest BCUT2D eigenvalue weighted by Gasteiger charge is -2.20. The van der Waals surface area contributed by atoms with Crippen molar-refractivity contribution < 1.29 is 13.3 Å². The molecule has 0 fully saturated rings. The van der Waals surface area contributed by atoms with Crippen LogP contribution in [0.25, 0.3) is 0 Å². The number of benzene rings is 2. The number of nitrogens with zero attached hydrogens (tertiary/aromatic N) is 3. The first-order valence-electron chi connectivity index (χ1n) is 8.79. The van der Waals surface area contributed by atoms with Gasteiger partial charge in [-0.05, 0) is 30.7 Å². The molecule has 28 heavy (non-hydrogen) atoms. The molecule has 0 bridgehead atoms. The van der Waals surface area contributed by atoms with E-state index in [0.717, 1.165) is 5.56 Å². The molecule has 2 rings (SSSR count). The first-order valence-corrected chi connectivity index (χ1v) is 10.2. The molecule has 0 saturated carbocycles. The second-order valence-corrected chi connectivity index (χ2v) is 8.06. The number of sulfonamides is 1. The Hall–Kier alpha value is -2.96. The molecule has 1 atom stereocenters. The van der Waals surface area contributed by atoms with Crippen molar-refractivity contribution >= 4 is 21.4 Å². The predicted molar refractivity (Wildman–Crippen MR) is 106 cm³/mol. The van der Waals surface area contributed by atoms with E-state index in [0.29, 0.717) is 18.8 Å². The van der Waals surface area contributed by atoms with Gasteiger partial charge in [-0.1, -0.05) is 26.0 Å². The van der Waals surface area contributed by atoms with Gasteiger partial charge in [0.25, 0.3) is 5.69 Å². The minimum absolute atomic E-state index is 0.152. The predicted octanol–water partition coefficient (Wildman–Crippen LogP) is 3.67. The molecule has 0 aliphatic carbocycles. The van der Waals surface area contributed by atoms with Crippen molar-refractivity contribution in [2.24, 2.45) is 0 Å². The van der Waals surface area contributed by atoms with E-state index >= 15 is 0 Å². The van der Waals surface area contributed by atoms with Crippen LogP contribution in [0, 0.1) is 21.4 Å². The van der Waals surface area contributed by atoms with E-state index < -0.39 is 14.9 Å². The summed E-state index contributed by atoms with van der Waals surface area (Å²) in [6.45, 7) is 6.23. The molecule has 148 valence electrons. The summed E-state index contributed by atoms with van der Waals surface area (Å²) in [5, 5.41) is 23.2. The fourth-order valence-electron chi connectivity index (χ4n) is 2.82. The van der Waals surface area contributed by atoms with E-state index in [2.05, 4.69) is 5.32 Å². The highest BCUT2D eigenvalue weighted by Gasteiger charge is 2.21. The SMILES string of the molecule is CCN(CC)S(=O)(=O)c1ccc([C@H](C)Nc2ccc([N+](=O)[O-])cc2C#N)cc1. The van der Waals surface area contributed by atoms with Crippen LogP contribution in [0.15, 0.2) is 47.4 Å². The first-order chi connectivity index (χ1) is 13.2. The number of hydrogen-bond donors (Lipinski definition) is 1. The third kappa shape index (κ3) is 4.47. The molecular weight excluding hydrogens is 380 g/mol. The highest BCUT2D eigenvalue weighted by molar-refractivity contribution is 7.89. The van der Waals surface area contributed by atoms with Crippen molar-refractivity contribution in [1.29, 1.82) is 5.26 Å². The maximum Gasteiger partial charge on any atom is 0.270 e. The van der Waals surface area contributed by atoms with E-state index in [-0.39, 0.29) is 22.2 Å². The molecule has 1 N–H and O–H groups in total. The average Bonchev–Trinajstić information content (AvgIpc) is 2.68. The topological polar surface area (TPSA) is 116 Å². The molecule has 0 aliphatic heterocycles. The van der Waals surface area contributed by atoms with Crippen LogP contribution in [-0.4, -0.2) is 30.7 Å². The maximum absolute atomic E-state index is 12.6. The molecule has 0 unspecified atom stereocenters. The molecule has 9 heteroatoms. The summed E-state index contributed by atoms with van der Waals surface area (Å²) in [5.74, 6) is 0. The summed E-state index contributed by atoms with van der Waals surface area (Å²) in [6, 6.07) is 12.3. The van der Waals surface area contributed by atoms with Crippen molar-refractivity contribution in [1.82, 2.24) is 4.31 Å². The Labute approximate surface area is 164 Å². The number of nitro benzene ring substituents is 1. The molecule has 0 aliphatic rings. The van der Waals surface area contributed by atoms with E-state index in [1.807, 2.05) is 13.0 Å². The third-order valence-electron chi connectivity index (χ3n) is 4.43. The summed E-state index contributed by atoms with van der Waals surface area (Å²) in [7, 11) is -3.52. The molecule has 2 aromatic rings. The van der Waals surface area contributed by atoms with Crippen LogP contribution in [0.4, 0.5) is 11.4 Å². The lowest BCUT2D eigenvalue weighted by atomic mass is 10.1. The Morgan fingerprint density at radius 1 is 1.18 bits per heavy atom. The van der Waals surface area contributed by atoms with Crippen LogP contribution in [0.3, 0.4) is 0 Å². The fraction of sp³-hybridized carbons (Fsp3) is 0.316. The van der Waals surface area contributed by atoms with Gasteiger partial charge in [-0.3, -0.25) is 10.1 Å². The molecule has 8 nitrogen and oxygen atoms in total. The van der Waals surface area contributed by atoms with Gasteiger partial charge in [0.15, 0.2) is 0 Å². The monoisotopic (exact) mass is 402 g/mol. The normalized spacial score (nSPS) is 12.4. The van der Waals surface area contributed by atoms with E-state index in [1.54, 1.807) is 38.1 Å². The van der Waals surface area contributed by atoms with E-state index in [9.17, 15) is 23.8 Å². The molecule has 0 spiro atoms. The van der Waals surface area contributed by atoms with Crippen LogP contribution < -0.4 is 5.32 Å². The zero-order valence-electron chi connectivity index (χ0n) is 15.9. The zero-order chi connectivity index (χ0) is 20.9. The Kier molecular flexibility index (Phi) is 6.72. The Morgan fingerprint density at radius 3 is 2.29 bits per heavy atom. The van der Waals surface area contributed by atoms with Crippen LogP contribution in [-0.2, 0) is 10.0 Å². The molecule has 0 amide bonds. The summed E-state index contributed by atoms with van der Waals surface area (Å²) < 4.78 is 26.5. The van der Waals surface area contributed by atoms with E-state index in [4.69, 9.17) is 0 Å². The summed E-state index contributed by atoms with van der Waals surface area (Å²) in [4.78, 5) is 10.5. The minimum Gasteiger partial charge on any atom is -0.377 e. The highest BCUT2D eigenvalue weighted by Crippen LogP contribution is 2.26. The van der Waals surface area contributed by atoms with Gasteiger partial charge in [0.05, 0.1) is 21.1 Å². The number of anilines is 1. The van der Waals surface area contributed by atoms with Crippen LogP contribution in [0.1, 0.15) is 37.9 Å². The number of non-ortho nitro benzene ring substituents is 1. The largest absolute Gasteiger partial charge is 0.377 e. The van der Waals surface area contributed by atoms with Gasteiger partial charge in [0.2, 0.25) is 10.0 Å². The minimum atomic E-state index is -3.52. The number of nitro groups is 1. The van der Waals surface area contributed by atoms with Gasteiger partial charge in [-0.25, -0.2) is 8.42 Å².